The van der Waals surface area contributed by atoms with E-state index in [0.29, 0.717) is 29.1 Å². The number of halogens is 1. The summed E-state index contributed by atoms with van der Waals surface area (Å²) >= 11 is 0. The third-order valence-electron chi connectivity index (χ3n) is 5.75. The number of fused-ring (bicyclic) bond motifs is 2. The van der Waals surface area contributed by atoms with E-state index < -0.39 is 0 Å². The van der Waals surface area contributed by atoms with Gasteiger partial charge in [-0.3, -0.25) is 4.79 Å². The van der Waals surface area contributed by atoms with E-state index in [9.17, 15) is 4.79 Å². The van der Waals surface area contributed by atoms with Crippen LogP contribution in [0, 0.1) is 6.92 Å². The largest absolute Gasteiger partial charge is 0.460 e. The van der Waals surface area contributed by atoms with E-state index in [4.69, 9.17) is 9.52 Å². The van der Waals surface area contributed by atoms with Crippen molar-refractivity contribution in [1.29, 1.82) is 0 Å². The zero-order valence-electron chi connectivity index (χ0n) is 16.4. The number of furan rings is 1. The van der Waals surface area contributed by atoms with Crippen LogP contribution in [-0.4, -0.2) is 45.8 Å². The maximum Gasteiger partial charge on any atom is 0.257 e. The van der Waals surface area contributed by atoms with Crippen molar-refractivity contribution in [3.63, 3.8) is 0 Å². The van der Waals surface area contributed by atoms with E-state index in [1.165, 1.54) is 6.42 Å². The van der Waals surface area contributed by atoms with Gasteiger partial charge >= 0.3 is 0 Å². The molecular weight excluding hydrogens is 388 g/mol. The molecule has 2 atom stereocenters. The van der Waals surface area contributed by atoms with Crippen LogP contribution in [0.25, 0.3) is 17.1 Å². The van der Waals surface area contributed by atoms with Gasteiger partial charge in [0.15, 0.2) is 5.76 Å². The number of benzene rings is 1. The van der Waals surface area contributed by atoms with Crippen molar-refractivity contribution in [3.05, 3.63) is 60.0 Å². The molecule has 0 saturated carbocycles. The smallest absolute Gasteiger partial charge is 0.257 e. The monoisotopic (exact) mass is 412 g/mol. The Hall–Kier alpha value is -2.57. The standard InChI is InChI=1S/C22H24N4O2.ClH/c1-15-7-10-20(28-15)21-19(14-26(24-21)18-5-3-2-4-6-18)22(27)25-12-11-16-8-9-17(13-25)23-16;/h2-7,10,14,16-17,23H,8-9,11-13H2,1H3;1H. The number of nitrogens with zero attached hydrogens (tertiary/aromatic N) is 3. The molecule has 0 aliphatic carbocycles. The Balaban J connectivity index is 0.00000205. The van der Waals surface area contributed by atoms with Crippen LogP contribution in [-0.2, 0) is 0 Å². The molecular formula is C22H25ClN4O2. The lowest BCUT2D eigenvalue weighted by Crippen LogP contribution is -2.39. The number of hydrogen-bond donors (Lipinski definition) is 1. The van der Waals surface area contributed by atoms with Crippen LogP contribution in [0.3, 0.4) is 0 Å². The van der Waals surface area contributed by atoms with Crippen molar-refractivity contribution in [2.75, 3.05) is 13.1 Å². The quantitative estimate of drug-likeness (QED) is 0.710. The number of nitrogens with one attached hydrogen (secondary N) is 1. The van der Waals surface area contributed by atoms with Crippen molar-refractivity contribution >= 4 is 18.3 Å². The number of amides is 1. The second kappa shape index (κ2) is 8.05. The van der Waals surface area contributed by atoms with Crippen molar-refractivity contribution < 1.29 is 9.21 Å². The Morgan fingerprint density at radius 1 is 1.10 bits per heavy atom. The number of aromatic nitrogens is 2. The molecule has 2 fully saturated rings. The van der Waals surface area contributed by atoms with Crippen molar-refractivity contribution in [2.24, 2.45) is 0 Å². The Bertz CT molecular complexity index is 997. The van der Waals surface area contributed by atoms with Gasteiger partial charge in [0.2, 0.25) is 0 Å². The predicted octanol–water partition coefficient (Wildman–Crippen LogP) is 3.83. The van der Waals surface area contributed by atoms with E-state index in [-0.39, 0.29) is 18.3 Å². The molecule has 152 valence electrons. The molecule has 5 rings (SSSR count). The summed E-state index contributed by atoms with van der Waals surface area (Å²) in [5.74, 6) is 1.46. The summed E-state index contributed by atoms with van der Waals surface area (Å²) in [6.07, 6.45) is 5.20. The Kier molecular flexibility index (Phi) is 5.48. The van der Waals surface area contributed by atoms with Gasteiger partial charge < -0.3 is 14.6 Å². The summed E-state index contributed by atoms with van der Waals surface area (Å²) in [4.78, 5) is 15.5. The number of hydrogen-bond acceptors (Lipinski definition) is 4. The first-order valence-electron chi connectivity index (χ1n) is 9.94. The number of aryl methyl sites for hydroxylation is 1. The lowest BCUT2D eigenvalue weighted by Gasteiger charge is -2.24. The normalized spacial score (nSPS) is 20.9. The van der Waals surface area contributed by atoms with E-state index in [0.717, 1.165) is 37.4 Å². The van der Waals surface area contributed by atoms with Gasteiger partial charge in [0, 0.05) is 31.4 Å². The Morgan fingerprint density at radius 2 is 1.90 bits per heavy atom. The van der Waals surface area contributed by atoms with Crippen LogP contribution in [0.1, 0.15) is 35.4 Å². The number of likely N-dealkylation sites (tertiary alicyclic amines) is 1. The molecule has 6 nitrogen and oxygen atoms in total. The maximum atomic E-state index is 13.5. The molecule has 0 spiro atoms. The first-order valence-corrected chi connectivity index (χ1v) is 9.94. The topological polar surface area (TPSA) is 63.3 Å². The number of carbonyl (C=O) groups is 1. The maximum absolute atomic E-state index is 13.5. The highest BCUT2D eigenvalue weighted by atomic mass is 35.5. The highest BCUT2D eigenvalue weighted by Gasteiger charge is 2.33. The number of rotatable bonds is 3. The van der Waals surface area contributed by atoms with E-state index >= 15 is 0 Å². The minimum absolute atomic E-state index is 0. The summed E-state index contributed by atoms with van der Waals surface area (Å²) in [6, 6.07) is 14.6. The zero-order valence-corrected chi connectivity index (χ0v) is 17.2. The highest BCUT2D eigenvalue weighted by molar-refractivity contribution is 5.99. The molecule has 4 heterocycles. The van der Waals surface area contributed by atoms with Crippen LogP contribution < -0.4 is 5.32 Å². The lowest BCUT2D eigenvalue weighted by molar-refractivity contribution is 0.0748. The third-order valence-corrected chi connectivity index (χ3v) is 5.75. The average Bonchev–Trinajstić information content (AvgIpc) is 3.40. The molecule has 0 radical (unpaired) electrons. The third kappa shape index (κ3) is 3.82. The molecule has 3 aromatic rings. The molecule has 2 aliphatic heterocycles. The van der Waals surface area contributed by atoms with E-state index in [1.807, 2.05) is 60.5 Å². The summed E-state index contributed by atoms with van der Waals surface area (Å²) < 4.78 is 7.58. The average molecular weight is 413 g/mol. The Labute approximate surface area is 176 Å². The highest BCUT2D eigenvalue weighted by Crippen LogP contribution is 2.28. The van der Waals surface area contributed by atoms with Gasteiger partial charge in [-0.2, -0.15) is 5.10 Å². The summed E-state index contributed by atoms with van der Waals surface area (Å²) in [6.45, 7) is 3.43. The number of para-hydroxylation sites is 1. The molecule has 1 N–H and O–H groups in total. The minimum atomic E-state index is 0. The number of carbonyl (C=O) groups excluding carboxylic acids is 1. The molecule has 2 bridgehead atoms. The van der Waals surface area contributed by atoms with E-state index in [2.05, 4.69) is 5.32 Å². The van der Waals surface area contributed by atoms with Crippen molar-refractivity contribution in [1.82, 2.24) is 20.0 Å². The fourth-order valence-electron chi connectivity index (χ4n) is 4.29. The second-order valence-electron chi connectivity index (χ2n) is 7.76. The van der Waals surface area contributed by atoms with Gasteiger partial charge in [-0.25, -0.2) is 4.68 Å². The molecule has 1 amide bonds. The summed E-state index contributed by atoms with van der Waals surface area (Å²) in [5.41, 5.74) is 2.11. The fourth-order valence-corrected chi connectivity index (χ4v) is 4.29. The van der Waals surface area contributed by atoms with Crippen LogP contribution >= 0.6 is 12.4 Å². The van der Waals surface area contributed by atoms with Crippen molar-refractivity contribution in [3.8, 4) is 17.1 Å². The molecule has 2 unspecified atom stereocenters. The van der Waals surface area contributed by atoms with Gasteiger partial charge in [0.05, 0.1) is 11.3 Å². The van der Waals surface area contributed by atoms with Crippen LogP contribution in [0.15, 0.2) is 53.1 Å². The molecule has 7 heteroatoms. The minimum Gasteiger partial charge on any atom is -0.460 e. The lowest BCUT2D eigenvalue weighted by atomic mass is 10.1. The summed E-state index contributed by atoms with van der Waals surface area (Å²) in [5, 5.41) is 8.35. The second-order valence-corrected chi connectivity index (χ2v) is 7.76. The van der Waals surface area contributed by atoms with Crippen molar-refractivity contribution in [2.45, 2.75) is 38.3 Å². The molecule has 1 aromatic carbocycles. The van der Waals surface area contributed by atoms with Gasteiger partial charge in [0.25, 0.3) is 5.91 Å². The van der Waals surface area contributed by atoms with Gasteiger partial charge in [0.1, 0.15) is 11.5 Å². The Morgan fingerprint density at radius 3 is 2.66 bits per heavy atom. The first-order chi connectivity index (χ1) is 13.7. The first kappa shape index (κ1) is 19.7. The van der Waals surface area contributed by atoms with Crippen LogP contribution in [0.4, 0.5) is 0 Å². The SMILES string of the molecule is Cc1ccc(-c2nn(-c3ccccc3)cc2C(=O)N2CCC3CCC(C2)N3)o1.Cl. The van der Waals surface area contributed by atoms with Gasteiger partial charge in [-0.15, -0.1) is 12.4 Å². The summed E-state index contributed by atoms with van der Waals surface area (Å²) in [7, 11) is 0. The predicted molar refractivity (Wildman–Crippen MR) is 114 cm³/mol. The van der Waals surface area contributed by atoms with E-state index in [1.54, 1.807) is 4.68 Å². The van der Waals surface area contributed by atoms with Crippen LogP contribution in [0.5, 0.6) is 0 Å². The zero-order chi connectivity index (χ0) is 19.1. The molecule has 2 aromatic heterocycles. The van der Waals surface area contributed by atoms with Crippen LogP contribution in [0.2, 0.25) is 0 Å². The van der Waals surface area contributed by atoms with Gasteiger partial charge in [-0.05, 0) is 50.5 Å². The molecule has 2 saturated heterocycles. The molecule has 2 aliphatic rings. The fraction of sp³-hybridized carbons (Fsp3) is 0.364. The van der Waals surface area contributed by atoms with Gasteiger partial charge in [-0.1, -0.05) is 18.2 Å². The molecule has 29 heavy (non-hydrogen) atoms.